The van der Waals surface area contributed by atoms with Crippen LogP contribution in [0.25, 0.3) is 0 Å². The molecule has 0 aromatic carbocycles. The molecule has 0 unspecified atom stereocenters. The molecule has 18 heavy (non-hydrogen) atoms. The number of nitrogens with zero attached hydrogens (tertiary/aromatic N) is 2. The molecule has 1 amide bonds. The Morgan fingerprint density at radius 3 is 2.72 bits per heavy atom. The first-order valence-corrected chi connectivity index (χ1v) is 6.19. The van der Waals surface area contributed by atoms with E-state index in [4.69, 9.17) is 10.5 Å². The number of rotatable bonds is 6. The molecule has 5 nitrogen and oxygen atoms in total. The van der Waals surface area contributed by atoms with Gasteiger partial charge in [0.15, 0.2) is 0 Å². The molecule has 2 N–H and O–H groups in total. The summed E-state index contributed by atoms with van der Waals surface area (Å²) in [6, 6.07) is 3.36. The van der Waals surface area contributed by atoms with Crippen molar-refractivity contribution >= 4 is 11.7 Å². The summed E-state index contributed by atoms with van der Waals surface area (Å²) in [7, 11) is 0. The molecule has 1 aromatic rings. The van der Waals surface area contributed by atoms with Gasteiger partial charge in [-0.1, -0.05) is 0 Å². The normalized spacial score (nSPS) is 10.4. The second-order valence-electron chi connectivity index (χ2n) is 4.00. The van der Waals surface area contributed by atoms with Gasteiger partial charge in [-0.25, -0.2) is 4.98 Å². The number of carbonyl (C=O) groups excluding carboxylic acids is 1. The Hall–Kier alpha value is -1.62. The van der Waals surface area contributed by atoms with E-state index in [0.717, 1.165) is 5.69 Å². The van der Waals surface area contributed by atoms with Crippen LogP contribution in [0.4, 0.5) is 5.82 Å². The number of carbonyl (C=O) groups is 1. The van der Waals surface area contributed by atoms with Gasteiger partial charge in [0.1, 0.15) is 5.82 Å². The fourth-order valence-corrected chi connectivity index (χ4v) is 1.72. The SMILES string of the molecule is CCOCCN(CC)C(=O)c1cc(C)nc(N)c1. The predicted molar refractivity (Wildman–Crippen MR) is 71.5 cm³/mol. The van der Waals surface area contributed by atoms with E-state index < -0.39 is 0 Å². The van der Waals surface area contributed by atoms with Crippen LogP contribution in [0.1, 0.15) is 29.9 Å². The highest BCUT2D eigenvalue weighted by atomic mass is 16.5. The number of aryl methyl sites for hydroxylation is 1. The van der Waals surface area contributed by atoms with Gasteiger partial charge in [-0.05, 0) is 32.9 Å². The smallest absolute Gasteiger partial charge is 0.254 e. The van der Waals surface area contributed by atoms with Crippen LogP contribution in [-0.4, -0.2) is 42.1 Å². The molecule has 0 bridgehead atoms. The lowest BCUT2D eigenvalue weighted by Gasteiger charge is -2.21. The second kappa shape index (κ2) is 6.96. The molecular weight excluding hydrogens is 230 g/mol. The molecule has 1 aromatic heterocycles. The fraction of sp³-hybridized carbons (Fsp3) is 0.538. The van der Waals surface area contributed by atoms with Crippen molar-refractivity contribution in [3.8, 4) is 0 Å². The number of ether oxygens (including phenoxy) is 1. The number of hydrogen-bond acceptors (Lipinski definition) is 4. The van der Waals surface area contributed by atoms with E-state index in [1.54, 1.807) is 17.0 Å². The van der Waals surface area contributed by atoms with Crippen LogP contribution in [0, 0.1) is 6.92 Å². The van der Waals surface area contributed by atoms with Gasteiger partial charge in [-0.2, -0.15) is 0 Å². The van der Waals surface area contributed by atoms with E-state index in [9.17, 15) is 4.79 Å². The summed E-state index contributed by atoms with van der Waals surface area (Å²) in [6.07, 6.45) is 0. The lowest BCUT2D eigenvalue weighted by molar-refractivity contribution is 0.0669. The summed E-state index contributed by atoms with van der Waals surface area (Å²) in [5.41, 5.74) is 6.99. The monoisotopic (exact) mass is 251 g/mol. The molecule has 0 fully saturated rings. The van der Waals surface area contributed by atoms with Crippen LogP contribution < -0.4 is 5.73 Å². The number of nitrogens with two attached hydrogens (primary N) is 1. The minimum absolute atomic E-state index is 0.0330. The molecule has 0 saturated carbocycles. The molecule has 0 radical (unpaired) electrons. The topological polar surface area (TPSA) is 68.5 Å². The third-order valence-corrected chi connectivity index (χ3v) is 2.60. The molecule has 100 valence electrons. The van der Waals surface area contributed by atoms with Gasteiger partial charge in [0.05, 0.1) is 6.61 Å². The molecule has 0 aliphatic heterocycles. The molecule has 0 saturated heterocycles. The van der Waals surface area contributed by atoms with Gasteiger partial charge in [0.2, 0.25) is 0 Å². The molecule has 1 heterocycles. The summed E-state index contributed by atoms with van der Waals surface area (Å²) < 4.78 is 5.27. The van der Waals surface area contributed by atoms with E-state index in [0.29, 0.717) is 37.7 Å². The van der Waals surface area contributed by atoms with Crippen molar-refractivity contribution in [2.45, 2.75) is 20.8 Å². The minimum atomic E-state index is -0.0330. The highest BCUT2D eigenvalue weighted by molar-refractivity contribution is 5.94. The standard InChI is InChI=1S/C13H21N3O2/c1-4-16(6-7-18-5-2)13(17)11-8-10(3)15-12(14)9-11/h8-9H,4-7H2,1-3H3,(H2,14,15). The fourth-order valence-electron chi connectivity index (χ4n) is 1.72. The van der Waals surface area contributed by atoms with Gasteiger partial charge in [-0.3, -0.25) is 4.79 Å². The van der Waals surface area contributed by atoms with Gasteiger partial charge in [0, 0.05) is 31.0 Å². The maximum Gasteiger partial charge on any atom is 0.254 e. The first-order chi connectivity index (χ1) is 8.58. The highest BCUT2D eigenvalue weighted by Gasteiger charge is 2.14. The van der Waals surface area contributed by atoms with Gasteiger partial charge < -0.3 is 15.4 Å². The van der Waals surface area contributed by atoms with Crippen molar-refractivity contribution in [3.05, 3.63) is 23.4 Å². The maximum absolute atomic E-state index is 12.3. The number of amides is 1. The Balaban J connectivity index is 2.76. The van der Waals surface area contributed by atoms with E-state index >= 15 is 0 Å². The zero-order valence-electron chi connectivity index (χ0n) is 11.3. The number of hydrogen-bond donors (Lipinski definition) is 1. The summed E-state index contributed by atoms with van der Waals surface area (Å²) in [6.45, 7) is 8.15. The highest BCUT2D eigenvalue weighted by Crippen LogP contribution is 2.10. The summed E-state index contributed by atoms with van der Waals surface area (Å²) in [4.78, 5) is 18.1. The number of likely N-dealkylation sites (N-methyl/N-ethyl adjacent to an activating group) is 1. The second-order valence-corrected chi connectivity index (χ2v) is 4.00. The number of nitrogen functional groups attached to an aromatic ring is 1. The summed E-state index contributed by atoms with van der Waals surface area (Å²) in [5.74, 6) is 0.341. The van der Waals surface area contributed by atoms with Crippen molar-refractivity contribution in [2.75, 3.05) is 32.0 Å². The first-order valence-electron chi connectivity index (χ1n) is 6.19. The van der Waals surface area contributed by atoms with E-state index in [-0.39, 0.29) is 5.91 Å². The van der Waals surface area contributed by atoms with Crippen molar-refractivity contribution in [2.24, 2.45) is 0 Å². The molecular formula is C13H21N3O2. The average molecular weight is 251 g/mol. The van der Waals surface area contributed by atoms with Crippen LogP contribution >= 0.6 is 0 Å². The van der Waals surface area contributed by atoms with Crippen molar-refractivity contribution < 1.29 is 9.53 Å². The van der Waals surface area contributed by atoms with Crippen LogP contribution in [0.2, 0.25) is 0 Å². The largest absolute Gasteiger partial charge is 0.384 e. The Morgan fingerprint density at radius 2 is 2.17 bits per heavy atom. The third-order valence-electron chi connectivity index (χ3n) is 2.60. The van der Waals surface area contributed by atoms with Crippen LogP contribution in [0.5, 0.6) is 0 Å². The Bertz CT molecular complexity index is 387. The predicted octanol–water partition coefficient (Wildman–Crippen LogP) is 1.47. The average Bonchev–Trinajstić information content (AvgIpc) is 2.33. The van der Waals surface area contributed by atoms with Crippen molar-refractivity contribution in [1.82, 2.24) is 9.88 Å². The minimum Gasteiger partial charge on any atom is -0.384 e. The Kier molecular flexibility index (Phi) is 5.58. The van der Waals surface area contributed by atoms with Crippen LogP contribution in [0.3, 0.4) is 0 Å². The van der Waals surface area contributed by atoms with Gasteiger partial charge in [-0.15, -0.1) is 0 Å². The number of anilines is 1. The summed E-state index contributed by atoms with van der Waals surface area (Å²) in [5, 5.41) is 0. The summed E-state index contributed by atoms with van der Waals surface area (Å²) >= 11 is 0. The molecule has 1 rings (SSSR count). The first kappa shape index (κ1) is 14.4. The van der Waals surface area contributed by atoms with Crippen LogP contribution in [-0.2, 0) is 4.74 Å². The molecule has 0 spiro atoms. The maximum atomic E-state index is 12.3. The van der Waals surface area contributed by atoms with E-state index in [1.807, 2.05) is 20.8 Å². The lowest BCUT2D eigenvalue weighted by Crippen LogP contribution is -2.34. The molecule has 0 atom stereocenters. The quantitative estimate of drug-likeness (QED) is 0.777. The van der Waals surface area contributed by atoms with Gasteiger partial charge >= 0.3 is 0 Å². The third kappa shape index (κ3) is 4.00. The lowest BCUT2D eigenvalue weighted by atomic mass is 10.2. The van der Waals surface area contributed by atoms with Crippen molar-refractivity contribution in [1.29, 1.82) is 0 Å². The molecule has 0 aliphatic carbocycles. The number of aromatic nitrogens is 1. The van der Waals surface area contributed by atoms with Crippen molar-refractivity contribution in [3.63, 3.8) is 0 Å². The zero-order valence-corrected chi connectivity index (χ0v) is 11.3. The Morgan fingerprint density at radius 1 is 1.44 bits per heavy atom. The van der Waals surface area contributed by atoms with Gasteiger partial charge in [0.25, 0.3) is 5.91 Å². The zero-order chi connectivity index (χ0) is 13.5. The number of pyridine rings is 1. The van der Waals surface area contributed by atoms with E-state index in [1.165, 1.54) is 0 Å². The van der Waals surface area contributed by atoms with Crippen LogP contribution in [0.15, 0.2) is 12.1 Å². The Labute approximate surface area is 108 Å². The van der Waals surface area contributed by atoms with E-state index in [2.05, 4.69) is 4.98 Å². The molecule has 5 heteroatoms. The molecule has 0 aliphatic rings.